The molecule has 0 saturated carbocycles. The Kier molecular flexibility index (Phi) is 4.22. The number of hydrogen-bond acceptors (Lipinski definition) is 4. The SMILES string of the molecule is COc1ccccc1S(=O)(=O)Nc1ccnn1-c1cccc(F)c1. The van der Waals surface area contributed by atoms with E-state index in [2.05, 4.69) is 9.82 Å². The lowest BCUT2D eigenvalue weighted by Crippen LogP contribution is -2.16. The molecule has 8 heteroatoms. The van der Waals surface area contributed by atoms with Gasteiger partial charge in [-0.1, -0.05) is 18.2 Å². The fourth-order valence-corrected chi connectivity index (χ4v) is 3.44. The summed E-state index contributed by atoms with van der Waals surface area (Å²) in [5.41, 5.74) is 0.401. The summed E-state index contributed by atoms with van der Waals surface area (Å²) in [6.07, 6.45) is 1.42. The Morgan fingerprint density at radius 1 is 1.12 bits per heavy atom. The van der Waals surface area contributed by atoms with Gasteiger partial charge in [0.1, 0.15) is 22.3 Å². The first-order valence-electron chi connectivity index (χ1n) is 6.97. The van der Waals surface area contributed by atoms with Gasteiger partial charge in [-0.3, -0.25) is 4.72 Å². The van der Waals surface area contributed by atoms with Crippen molar-refractivity contribution in [3.05, 3.63) is 66.6 Å². The summed E-state index contributed by atoms with van der Waals surface area (Å²) in [6.45, 7) is 0. The van der Waals surface area contributed by atoms with E-state index in [1.807, 2.05) is 0 Å². The molecule has 0 amide bonds. The van der Waals surface area contributed by atoms with Crippen LogP contribution in [0, 0.1) is 5.82 Å². The quantitative estimate of drug-likeness (QED) is 0.770. The fraction of sp³-hybridized carbons (Fsp3) is 0.0625. The number of benzene rings is 2. The Balaban J connectivity index is 1.99. The highest BCUT2D eigenvalue weighted by molar-refractivity contribution is 7.92. The second-order valence-electron chi connectivity index (χ2n) is 4.86. The maximum absolute atomic E-state index is 13.4. The largest absolute Gasteiger partial charge is 0.495 e. The molecule has 1 heterocycles. The van der Waals surface area contributed by atoms with E-state index < -0.39 is 15.8 Å². The summed E-state index contributed by atoms with van der Waals surface area (Å²) in [5.74, 6) is -0.0325. The van der Waals surface area contributed by atoms with Crippen molar-refractivity contribution >= 4 is 15.8 Å². The van der Waals surface area contributed by atoms with Gasteiger partial charge in [0.15, 0.2) is 0 Å². The van der Waals surface area contributed by atoms with Crippen LogP contribution in [0.1, 0.15) is 0 Å². The number of nitrogens with one attached hydrogen (secondary N) is 1. The number of nitrogens with zero attached hydrogens (tertiary/aromatic N) is 2. The van der Waals surface area contributed by atoms with E-state index in [9.17, 15) is 12.8 Å². The van der Waals surface area contributed by atoms with Crippen LogP contribution in [-0.4, -0.2) is 25.3 Å². The molecular weight excluding hydrogens is 333 g/mol. The van der Waals surface area contributed by atoms with Gasteiger partial charge in [0.2, 0.25) is 0 Å². The van der Waals surface area contributed by atoms with Crippen LogP contribution < -0.4 is 9.46 Å². The number of anilines is 1. The molecular formula is C16H14FN3O3S. The zero-order valence-corrected chi connectivity index (χ0v) is 13.5. The number of rotatable bonds is 5. The van der Waals surface area contributed by atoms with Crippen molar-refractivity contribution in [3.63, 3.8) is 0 Å². The summed E-state index contributed by atoms with van der Waals surface area (Å²) >= 11 is 0. The van der Waals surface area contributed by atoms with Crippen molar-refractivity contribution < 1.29 is 17.5 Å². The topological polar surface area (TPSA) is 73.2 Å². The summed E-state index contributed by atoms with van der Waals surface area (Å²) < 4.78 is 47.5. The van der Waals surface area contributed by atoms with E-state index in [1.54, 1.807) is 24.3 Å². The molecule has 24 heavy (non-hydrogen) atoms. The minimum Gasteiger partial charge on any atom is -0.495 e. The van der Waals surface area contributed by atoms with Gasteiger partial charge in [-0.2, -0.15) is 5.10 Å². The monoisotopic (exact) mass is 347 g/mol. The van der Waals surface area contributed by atoms with Crippen molar-refractivity contribution in [2.75, 3.05) is 11.8 Å². The second kappa shape index (κ2) is 6.32. The lowest BCUT2D eigenvalue weighted by Gasteiger charge is -2.12. The van der Waals surface area contributed by atoms with Crippen LogP contribution in [0.2, 0.25) is 0 Å². The normalized spacial score (nSPS) is 11.2. The third-order valence-electron chi connectivity index (χ3n) is 3.29. The molecule has 6 nitrogen and oxygen atoms in total. The molecule has 1 N–H and O–H groups in total. The van der Waals surface area contributed by atoms with Crippen LogP contribution in [0.15, 0.2) is 65.7 Å². The Morgan fingerprint density at radius 3 is 2.67 bits per heavy atom. The summed E-state index contributed by atoms with van der Waals surface area (Å²) in [7, 11) is -2.50. The average Bonchev–Trinajstić information content (AvgIpc) is 3.02. The molecule has 2 aromatic carbocycles. The van der Waals surface area contributed by atoms with Gasteiger partial charge in [0.25, 0.3) is 10.0 Å². The van der Waals surface area contributed by atoms with E-state index in [4.69, 9.17) is 4.74 Å². The van der Waals surface area contributed by atoms with Gasteiger partial charge >= 0.3 is 0 Å². The first kappa shape index (κ1) is 16.0. The van der Waals surface area contributed by atoms with E-state index in [1.165, 1.54) is 48.3 Å². The summed E-state index contributed by atoms with van der Waals surface area (Å²) in [4.78, 5) is -0.000470. The van der Waals surface area contributed by atoms with Gasteiger partial charge < -0.3 is 4.74 Å². The standard InChI is InChI=1S/C16H14FN3O3S/c1-23-14-7-2-3-8-15(14)24(21,22)19-16-9-10-18-20(16)13-6-4-5-12(17)11-13/h2-11,19H,1H3. The molecule has 0 spiro atoms. The first-order chi connectivity index (χ1) is 11.5. The fourth-order valence-electron chi connectivity index (χ4n) is 2.23. The lowest BCUT2D eigenvalue weighted by molar-refractivity contribution is 0.403. The first-order valence-corrected chi connectivity index (χ1v) is 8.45. The van der Waals surface area contributed by atoms with Gasteiger partial charge in [-0.15, -0.1) is 0 Å². The second-order valence-corrected chi connectivity index (χ2v) is 6.52. The Hall–Kier alpha value is -2.87. The molecule has 0 radical (unpaired) electrons. The van der Waals surface area contributed by atoms with Crippen LogP contribution in [-0.2, 0) is 10.0 Å². The number of para-hydroxylation sites is 1. The number of hydrogen-bond donors (Lipinski definition) is 1. The summed E-state index contributed by atoms with van der Waals surface area (Å²) in [6, 6.07) is 13.4. The van der Waals surface area contributed by atoms with Crippen LogP contribution in [0.25, 0.3) is 5.69 Å². The predicted octanol–water partition coefficient (Wildman–Crippen LogP) is 2.82. The Morgan fingerprint density at radius 2 is 1.92 bits per heavy atom. The molecule has 0 aliphatic heterocycles. The van der Waals surface area contributed by atoms with Crippen LogP contribution in [0.5, 0.6) is 5.75 Å². The highest BCUT2D eigenvalue weighted by atomic mass is 32.2. The molecule has 1 aromatic heterocycles. The van der Waals surface area contributed by atoms with Gasteiger partial charge in [-0.25, -0.2) is 17.5 Å². The van der Waals surface area contributed by atoms with Crippen molar-refractivity contribution in [2.45, 2.75) is 4.90 Å². The molecule has 3 aromatic rings. The zero-order valence-electron chi connectivity index (χ0n) is 12.7. The molecule has 0 aliphatic rings. The number of halogens is 1. The van der Waals surface area contributed by atoms with Crippen LogP contribution in [0.4, 0.5) is 10.2 Å². The molecule has 0 bridgehead atoms. The summed E-state index contributed by atoms with van der Waals surface area (Å²) in [5, 5.41) is 4.04. The van der Waals surface area contributed by atoms with E-state index in [0.29, 0.717) is 5.69 Å². The van der Waals surface area contributed by atoms with Crippen molar-refractivity contribution in [3.8, 4) is 11.4 Å². The van der Waals surface area contributed by atoms with E-state index in [-0.39, 0.29) is 16.5 Å². The molecule has 3 rings (SSSR count). The van der Waals surface area contributed by atoms with Crippen molar-refractivity contribution in [1.29, 1.82) is 0 Å². The zero-order chi connectivity index (χ0) is 17.2. The van der Waals surface area contributed by atoms with E-state index >= 15 is 0 Å². The number of aromatic nitrogens is 2. The average molecular weight is 347 g/mol. The Labute approximate surface area is 138 Å². The molecule has 0 fully saturated rings. The molecule has 124 valence electrons. The van der Waals surface area contributed by atoms with E-state index in [0.717, 1.165) is 0 Å². The van der Waals surface area contributed by atoms with Crippen molar-refractivity contribution in [2.24, 2.45) is 0 Å². The highest BCUT2D eigenvalue weighted by Gasteiger charge is 2.21. The molecule has 0 saturated heterocycles. The third-order valence-corrected chi connectivity index (χ3v) is 4.69. The maximum atomic E-state index is 13.4. The van der Waals surface area contributed by atoms with Crippen LogP contribution in [0.3, 0.4) is 0 Å². The third kappa shape index (κ3) is 3.09. The molecule has 0 aliphatic carbocycles. The minimum atomic E-state index is -3.90. The van der Waals surface area contributed by atoms with Gasteiger partial charge in [0, 0.05) is 6.07 Å². The van der Waals surface area contributed by atoms with Crippen LogP contribution >= 0.6 is 0 Å². The number of ether oxygens (including phenoxy) is 1. The van der Waals surface area contributed by atoms with Gasteiger partial charge in [-0.05, 0) is 30.3 Å². The number of sulfonamides is 1. The minimum absolute atomic E-state index is 0.000470. The smallest absolute Gasteiger partial charge is 0.266 e. The van der Waals surface area contributed by atoms with Crippen molar-refractivity contribution in [1.82, 2.24) is 9.78 Å². The predicted molar refractivity (Wildman–Crippen MR) is 87.3 cm³/mol. The maximum Gasteiger partial charge on any atom is 0.266 e. The highest BCUT2D eigenvalue weighted by Crippen LogP contribution is 2.26. The van der Waals surface area contributed by atoms with Gasteiger partial charge in [0.05, 0.1) is 19.0 Å². The lowest BCUT2D eigenvalue weighted by atomic mass is 10.3. The Bertz CT molecular complexity index is 970. The number of methoxy groups -OCH3 is 1. The molecule has 0 atom stereocenters. The molecule has 0 unspecified atom stereocenters.